The molecule has 0 radical (unpaired) electrons. The van der Waals surface area contributed by atoms with Gasteiger partial charge in [0.15, 0.2) is 0 Å². The normalized spacial score (nSPS) is 9.89. The van der Waals surface area contributed by atoms with Crippen molar-refractivity contribution in [3.05, 3.63) is 59.2 Å². The largest absolute Gasteiger partial charge is 0.508 e. The van der Waals surface area contributed by atoms with Gasteiger partial charge in [-0.1, -0.05) is 24.3 Å². The molecule has 2 N–H and O–H groups in total. The molecular formula is C16H16N2O. The molecule has 2 aromatic carbocycles. The highest BCUT2D eigenvalue weighted by molar-refractivity contribution is 5.62. The minimum Gasteiger partial charge on any atom is -0.508 e. The Bertz CT molecular complexity index is 597. The molecule has 0 amide bonds. The number of aromatic hydroxyl groups is 1. The summed E-state index contributed by atoms with van der Waals surface area (Å²) < 4.78 is 0. The molecule has 0 aliphatic heterocycles. The minimum atomic E-state index is 0.280. The van der Waals surface area contributed by atoms with E-state index in [1.54, 1.807) is 12.1 Å². The smallest absolute Gasteiger partial charge is 0.115 e. The predicted molar refractivity (Wildman–Crippen MR) is 76.2 cm³/mol. The van der Waals surface area contributed by atoms with Crippen molar-refractivity contribution in [3.8, 4) is 11.8 Å². The second-order valence-electron chi connectivity index (χ2n) is 4.45. The number of nitrogens with zero attached hydrogens (tertiary/aromatic N) is 1. The van der Waals surface area contributed by atoms with E-state index in [0.717, 1.165) is 29.8 Å². The summed E-state index contributed by atoms with van der Waals surface area (Å²) in [5.74, 6) is 0.280. The van der Waals surface area contributed by atoms with Gasteiger partial charge in [0.1, 0.15) is 11.8 Å². The molecular weight excluding hydrogens is 236 g/mol. The van der Waals surface area contributed by atoms with Crippen molar-refractivity contribution < 1.29 is 5.11 Å². The van der Waals surface area contributed by atoms with Gasteiger partial charge in [-0.05, 0) is 42.7 Å². The van der Waals surface area contributed by atoms with E-state index in [4.69, 9.17) is 5.26 Å². The molecule has 0 bridgehead atoms. The maximum Gasteiger partial charge on any atom is 0.115 e. The first-order valence-electron chi connectivity index (χ1n) is 6.22. The van der Waals surface area contributed by atoms with Crippen LogP contribution in [0.25, 0.3) is 0 Å². The number of benzene rings is 2. The molecule has 19 heavy (non-hydrogen) atoms. The van der Waals surface area contributed by atoms with Gasteiger partial charge in [0.2, 0.25) is 0 Å². The second kappa shape index (κ2) is 5.92. The van der Waals surface area contributed by atoms with E-state index in [1.807, 2.05) is 37.3 Å². The summed E-state index contributed by atoms with van der Waals surface area (Å²) in [4.78, 5) is 0. The average Bonchev–Trinajstić information content (AvgIpc) is 2.42. The van der Waals surface area contributed by atoms with Gasteiger partial charge in [-0.15, -0.1) is 0 Å². The molecule has 3 heteroatoms. The highest BCUT2D eigenvalue weighted by atomic mass is 16.3. The van der Waals surface area contributed by atoms with Gasteiger partial charge in [-0.3, -0.25) is 0 Å². The lowest BCUT2D eigenvalue weighted by atomic mass is 10.1. The maximum absolute atomic E-state index is 9.21. The van der Waals surface area contributed by atoms with Crippen molar-refractivity contribution in [2.75, 3.05) is 11.9 Å². The van der Waals surface area contributed by atoms with Crippen LogP contribution in [0.15, 0.2) is 42.5 Å². The van der Waals surface area contributed by atoms with Crippen LogP contribution in [-0.2, 0) is 6.42 Å². The van der Waals surface area contributed by atoms with Crippen LogP contribution in [-0.4, -0.2) is 11.7 Å². The van der Waals surface area contributed by atoms with Crippen LogP contribution in [0.1, 0.15) is 16.7 Å². The minimum absolute atomic E-state index is 0.280. The van der Waals surface area contributed by atoms with Gasteiger partial charge in [-0.2, -0.15) is 5.26 Å². The van der Waals surface area contributed by atoms with Crippen molar-refractivity contribution in [2.45, 2.75) is 13.3 Å². The van der Waals surface area contributed by atoms with E-state index in [1.165, 1.54) is 0 Å². The van der Waals surface area contributed by atoms with Crippen LogP contribution >= 0.6 is 0 Å². The van der Waals surface area contributed by atoms with Crippen LogP contribution < -0.4 is 5.32 Å². The fourth-order valence-corrected chi connectivity index (χ4v) is 1.99. The first-order valence-corrected chi connectivity index (χ1v) is 6.22. The van der Waals surface area contributed by atoms with Crippen LogP contribution in [0.4, 0.5) is 5.69 Å². The van der Waals surface area contributed by atoms with Crippen LogP contribution in [0, 0.1) is 18.3 Å². The topological polar surface area (TPSA) is 56.0 Å². The molecule has 0 spiro atoms. The van der Waals surface area contributed by atoms with Crippen LogP contribution in [0.3, 0.4) is 0 Å². The number of para-hydroxylation sites is 1. The van der Waals surface area contributed by atoms with E-state index in [2.05, 4.69) is 11.4 Å². The Hall–Kier alpha value is -2.47. The number of phenolic OH excluding ortho intramolecular Hbond substituents is 1. The fourth-order valence-electron chi connectivity index (χ4n) is 1.99. The van der Waals surface area contributed by atoms with Gasteiger partial charge < -0.3 is 10.4 Å². The molecule has 2 aromatic rings. The number of nitriles is 1. The van der Waals surface area contributed by atoms with Gasteiger partial charge >= 0.3 is 0 Å². The van der Waals surface area contributed by atoms with Gasteiger partial charge in [0.05, 0.1) is 11.3 Å². The Morgan fingerprint density at radius 3 is 2.58 bits per heavy atom. The first kappa shape index (κ1) is 13.0. The summed E-state index contributed by atoms with van der Waals surface area (Å²) in [6.07, 6.45) is 0.847. The Labute approximate surface area is 113 Å². The summed E-state index contributed by atoms with van der Waals surface area (Å²) in [6, 6.07) is 15.1. The van der Waals surface area contributed by atoms with Gasteiger partial charge in [0, 0.05) is 6.54 Å². The lowest BCUT2D eigenvalue weighted by Crippen LogP contribution is -2.07. The fraction of sp³-hybridized carbons (Fsp3) is 0.188. The summed E-state index contributed by atoms with van der Waals surface area (Å²) in [6.45, 7) is 2.74. The Morgan fingerprint density at radius 1 is 1.16 bits per heavy atom. The molecule has 2 rings (SSSR count). The zero-order chi connectivity index (χ0) is 13.7. The summed E-state index contributed by atoms with van der Waals surface area (Å²) in [7, 11) is 0. The highest BCUT2D eigenvalue weighted by Gasteiger charge is 2.04. The average molecular weight is 252 g/mol. The monoisotopic (exact) mass is 252 g/mol. The molecule has 0 aliphatic rings. The Kier molecular flexibility index (Phi) is 4.04. The molecule has 0 heterocycles. The van der Waals surface area contributed by atoms with Gasteiger partial charge in [-0.25, -0.2) is 0 Å². The van der Waals surface area contributed by atoms with Gasteiger partial charge in [0.25, 0.3) is 0 Å². The first-order chi connectivity index (χ1) is 9.20. The quantitative estimate of drug-likeness (QED) is 0.878. The molecule has 0 saturated heterocycles. The predicted octanol–water partition coefficient (Wildman–Crippen LogP) is 3.23. The molecule has 3 nitrogen and oxygen atoms in total. The number of nitrogens with one attached hydrogen (secondary N) is 1. The lowest BCUT2D eigenvalue weighted by molar-refractivity contribution is 0.475. The van der Waals surface area contributed by atoms with Crippen LogP contribution in [0.5, 0.6) is 5.75 Å². The van der Waals surface area contributed by atoms with Crippen molar-refractivity contribution in [1.82, 2.24) is 0 Å². The van der Waals surface area contributed by atoms with Crippen molar-refractivity contribution in [2.24, 2.45) is 0 Å². The molecule has 0 unspecified atom stereocenters. The third kappa shape index (κ3) is 3.26. The number of hydrogen-bond acceptors (Lipinski definition) is 3. The number of hydrogen-bond donors (Lipinski definition) is 2. The number of rotatable bonds is 4. The van der Waals surface area contributed by atoms with Crippen LogP contribution in [0.2, 0.25) is 0 Å². The highest BCUT2D eigenvalue weighted by Crippen LogP contribution is 2.19. The standard InChI is InChI=1S/C16H16N2O/c1-12-3-2-4-14(11-17)16(12)18-10-9-13-5-7-15(19)8-6-13/h2-8,18-19H,9-10H2,1H3. The molecule has 0 atom stereocenters. The molecule has 0 fully saturated rings. The maximum atomic E-state index is 9.21. The number of phenols is 1. The summed E-state index contributed by atoms with van der Waals surface area (Å²) >= 11 is 0. The number of anilines is 1. The molecule has 0 aromatic heterocycles. The lowest BCUT2D eigenvalue weighted by Gasteiger charge is -2.11. The summed E-state index contributed by atoms with van der Waals surface area (Å²) in [5.41, 5.74) is 3.80. The second-order valence-corrected chi connectivity index (χ2v) is 4.45. The zero-order valence-electron chi connectivity index (χ0n) is 10.9. The Morgan fingerprint density at radius 2 is 1.89 bits per heavy atom. The van der Waals surface area contributed by atoms with Crippen molar-refractivity contribution in [3.63, 3.8) is 0 Å². The van der Waals surface area contributed by atoms with Crippen molar-refractivity contribution >= 4 is 5.69 Å². The van der Waals surface area contributed by atoms with Crippen molar-refractivity contribution in [1.29, 1.82) is 5.26 Å². The van der Waals surface area contributed by atoms with E-state index in [0.29, 0.717) is 5.56 Å². The van der Waals surface area contributed by atoms with E-state index in [-0.39, 0.29) is 5.75 Å². The third-order valence-corrected chi connectivity index (χ3v) is 3.05. The third-order valence-electron chi connectivity index (χ3n) is 3.05. The number of aryl methyl sites for hydroxylation is 1. The SMILES string of the molecule is Cc1cccc(C#N)c1NCCc1ccc(O)cc1. The van der Waals surface area contributed by atoms with E-state index < -0.39 is 0 Å². The molecule has 96 valence electrons. The summed E-state index contributed by atoms with van der Waals surface area (Å²) in [5, 5.41) is 21.6. The van der Waals surface area contributed by atoms with E-state index in [9.17, 15) is 5.11 Å². The molecule has 0 saturated carbocycles. The Balaban J connectivity index is 2.00. The molecule has 0 aliphatic carbocycles. The zero-order valence-corrected chi connectivity index (χ0v) is 10.9. The van der Waals surface area contributed by atoms with E-state index >= 15 is 0 Å².